The predicted molar refractivity (Wildman–Crippen MR) is 244 cm³/mol. The van der Waals surface area contributed by atoms with Crippen molar-refractivity contribution in [3.05, 3.63) is 109 Å². The Bertz CT molecular complexity index is 1280. The van der Waals surface area contributed by atoms with E-state index in [-0.39, 0.29) is 18.9 Å². The van der Waals surface area contributed by atoms with Gasteiger partial charge in [0.2, 0.25) is 5.91 Å². The van der Waals surface area contributed by atoms with E-state index in [1.54, 1.807) is 0 Å². The molecule has 1 heterocycles. The maximum Gasteiger partial charge on any atom is 0.220 e. The van der Waals surface area contributed by atoms with E-state index in [9.17, 15) is 30.3 Å². The average Bonchev–Trinajstić information content (AvgIpc) is 3.23. The van der Waals surface area contributed by atoms with Gasteiger partial charge in [-0.25, -0.2) is 0 Å². The molecule has 9 nitrogen and oxygen atoms in total. The molecule has 7 atom stereocenters. The molecule has 0 aliphatic carbocycles. The zero-order chi connectivity index (χ0) is 43.0. The molecule has 1 fully saturated rings. The van der Waals surface area contributed by atoms with Crippen LogP contribution in [0.5, 0.6) is 0 Å². The number of carbonyl (C=O) groups is 1. The highest BCUT2D eigenvalue weighted by molar-refractivity contribution is 5.76. The summed E-state index contributed by atoms with van der Waals surface area (Å²) < 4.78 is 11.2. The Balaban J connectivity index is 2.28. The Labute approximate surface area is 357 Å². The second-order valence-corrected chi connectivity index (χ2v) is 15.1. The van der Waals surface area contributed by atoms with E-state index in [1.807, 2.05) is 0 Å². The van der Waals surface area contributed by atoms with Crippen LogP contribution >= 0.6 is 0 Å². The van der Waals surface area contributed by atoms with Crippen LogP contribution in [0, 0.1) is 0 Å². The summed E-state index contributed by atoms with van der Waals surface area (Å²) >= 11 is 0. The molecule has 334 valence electrons. The highest BCUT2D eigenvalue weighted by atomic mass is 16.7. The molecule has 1 rings (SSSR count). The first-order chi connectivity index (χ1) is 28.8. The van der Waals surface area contributed by atoms with Crippen LogP contribution < -0.4 is 5.32 Å². The van der Waals surface area contributed by atoms with Crippen LogP contribution in [-0.2, 0) is 14.3 Å². The first-order valence-electron chi connectivity index (χ1n) is 22.6. The van der Waals surface area contributed by atoms with Gasteiger partial charge in [-0.3, -0.25) is 4.79 Å². The molecule has 0 aromatic carbocycles. The molecule has 1 saturated heterocycles. The molecule has 6 N–H and O–H groups in total. The van der Waals surface area contributed by atoms with Crippen LogP contribution in [-0.4, -0.2) is 87.5 Å². The largest absolute Gasteiger partial charge is 0.394 e. The normalized spacial score (nSPS) is 21.8. The Kier molecular flexibility index (Phi) is 35.6. The lowest BCUT2D eigenvalue weighted by Gasteiger charge is -2.40. The first kappa shape index (κ1) is 53.9. The molecule has 1 aliphatic rings. The highest BCUT2D eigenvalue weighted by Gasteiger charge is 2.44. The third kappa shape index (κ3) is 29.7. The van der Waals surface area contributed by atoms with Gasteiger partial charge in [-0.05, 0) is 77.0 Å². The maximum absolute atomic E-state index is 12.9. The molecule has 0 spiro atoms. The van der Waals surface area contributed by atoms with Gasteiger partial charge in [-0.1, -0.05) is 168 Å². The minimum atomic E-state index is -1.57. The molecule has 0 aromatic rings. The van der Waals surface area contributed by atoms with Crippen LogP contribution in [0.2, 0.25) is 0 Å². The Morgan fingerprint density at radius 2 is 1.03 bits per heavy atom. The average molecular weight is 824 g/mol. The first-order valence-corrected chi connectivity index (χ1v) is 22.6. The third-order valence-electron chi connectivity index (χ3n) is 9.89. The van der Waals surface area contributed by atoms with Crippen LogP contribution in [0.4, 0.5) is 0 Å². The van der Waals surface area contributed by atoms with Gasteiger partial charge in [0, 0.05) is 6.42 Å². The zero-order valence-electron chi connectivity index (χ0n) is 36.5. The molecule has 7 unspecified atom stereocenters. The quantitative estimate of drug-likeness (QED) is 0.0274. The number of hydrogen-bond acceptors (Lipinski definition) is 8. The van der Waals surface area contributed by atoms with Crippen molar-refractivity contribution >= 4 is 5.91 Å². The van der Waals surface area contributed by atoms with Crippen molar-refractivity contribution in [3.8, 4) is 0 Å². The summed E-state index contributed by atoms with van der Waals surface area (Å²) in [6.07, 6.45) is 49.9. The van der Waals surface area contributed by atoms with Crippen LogP contribution in [0.1, 0.15) is 142 Å². The van der Waals surface area contributed by atoms with E-state index in [0.717, 1.165) is 83.5 Å². The number of aliphatic hydroxyl groups excluding tert-OH is 5. The smallest absolute Gasteiger partial charge is 0.220 e. The van der Waals surface area contributed by atoms with E-state index in [2.05, 4.69) is 129 Å². The van der Waals surface area contributed by atoms with E-state index in [4.69, 9.17) is 9.47 Å². The van der Waals surface area contributed by atoms with Crippen molar-refractivity contribution in [3.63, 3.8) is 0 Å². The minimum absolute atomic E-state index is 0.171. The molecule has 0 saturated carbocycles. The molecule has 1 aliphatic heterocycles. The van der Waals surface area contributed by atoms with E-state index < -0.39 is 49.5 Å². The number of amides is 1. The molecule has 1 amide bonds. The fourth-order valence-electron chi connectivity index (χ4n) is 6.28. The van der Waals surface area contributed by atoms with Gasteiger partial charge >= 0.3 is 0 Å². The van der Waals surface area contributed by atoms with Crippen molar-refractivity contribution in [2.75, 3.05) is 13.2 Å². The number of rotatable bonds is 35. The van der Waals surface area contributed by atoms with E-state index >= 15 is 0 Å². The summed E-state index contributed by atoms with van der Waals surface area (Å²) in [7, 11) is 0. The lowest BCUT2D eigenvalue weighted by molar-refractivity contribution is -0.302. The van der Waals surface area contributed by atoms with Gasteiger partial charge in [0.25, 0.3) is 0 Å². The van der Waals surface area contributed by atoms with Gasteiger partial charge in [0.05, 0.1) is 25.4 Å². The summed E-state index contributed by atoms with van der Waals surface area (Å²) in [4.78, 5) is 12.9. The van der Waals surface area contributed by atoms with Gasteiger partial charge in [-0.15, -0.1) is 0 Å². The van der Waals surface area contributed by atoms with Crippen molar-refractivity contribution in [2.24, 2.45) is 0 Å². The van der Waals surface area contributed by atoms with Gasteiger partial charge in [-0.2, -0.15) is 0 Å². The number of unbranched alkanes of at least 4 members (excludes halogenated alkanes) is 7. The maximum atomic E-state index is 12.9. The van der Waals surface area contributed by atoms with Gasteiger partial charge < -0.3 is 40.3 Å². The number of carbonyl (C=O) groups excluding carboxylic acids is 1. The van der Waals surface area contributed by atoms with Crippen LogP contribution in [0.15, 0.2) is 109 Å². The van der Waals surface area contributed by atoms with Crippen molar-refractivity contribution in [1.82, 2.24) is 5.32 Å². The van der Waals surface area contributed by atoms with Gasteiger partial charge in [0.15, 0.2) is 6.29 Å². The standard InChI is InChI=1S/C50H81NO8/c1-3-5-7-9-11-12-13-14-15-16-17-18-19-20-21-22-23-24-25-26-27-28-29-30-31-32-34-36-38-40-46(54)51-43(44(53)39-37-35-33-10-8-6-4-2)42-58-50-49(57)48(56)47(55)45(41-52)59-50/h5,7,11-12,14-15,17-18,20-21,23-24,26-27,29-30,32,34,43-45,47-50,52-53,55-57H,3-4,6,8-10,13,16,19,22,25,28,31,33,35-42H2,1-2H3,(H,51,54)/b7-5-,12-11-,15-14-,18-17-,21-20-,24-23-,27-26-,30-29-,34-32-. The lowest BCUT2D eigenvalue weighted by atomic mass is 9.99. The molecule has 0 bridgehead atoms. The number of ether oxygens (including phenoxy) is 2. The molecule has 0 radical (unpaired) electrons. The predicted octanol–water partition coefficient (Wildman–Crippen LogP) is 9.50. The second kappa shape index (κ2) is 39.0. The lowest BCUT2D eigenvalue weighted by Crippen LogP contribution is -2.60. The SMILES string of the molecule is CC/C=C\C/C=C\C/C=C\C/C=C\C/C=C\C/C=C\C/C=C\C/C=C\C/C=C\CCCC(=O)NC(COC1OC(CO)C(O)C(O)C1O)C(O)CCCCCCCCC. The highest BCUT2D eigenvalue weighted by Crippen LogP contribution is 2.23. The van der Waals surface area contributed by atoms with Crippen LogP contribution in [0.3, 0.4) is 0 Å². The number of aliphatic hydroxyl groups is 5. The molecule has 9 heteroatoms. The number of allylic oxidation sites excluding steroid dienone is 18. The fraction of sp³-hybridized carbons (Fsp3) is 0.620. The zero-order valence-corrected chi connectivity index (χ0v) is 36.5. The minimum Gasteiger partial charge on any atom is -0.394 e. The third-order valence-corrected chi connectivity index (χ3v) is 9.89. The van der Waals surface area contributed by atoms with E-state index in [1.165, 1.54) is 25.7 Å². The number of hydrogen-bond donors (Lipinski definition) is 6. The monoisotopic (exact) mass is 824 g/mol. The van der Waals surface area contributed by atoms with Gasteiger partial charge in [0.1, 0.15) is 24.4 Å². The summed E-state index contributed by atoms with van der Waals surface area (Å²) in [5.41, 5.74) is 0. The Morgan fingerprint density at radius 3 is 1.49 bits per heavy atom. The molecule has 59 heavy (non-hydrogen) atoms. The molecule has 0 aromatic heterocycles. The van der Waals surface area contributed by atoms with E-state index in [0.29, 0.717) is 12.8 Å². The van der Waals surface area contributed by atoms with Crippen LogP contribution in [0.25, 0.3) is 0 Å². The van der Waals surface area contributed by atoms with Crippen molar-refractivity contribution in [1.29, 1.82) is 0 Å². The summed E-state index contributed by atoms with van der Waals surface area (Å²) in [5.74, 6) is -0.213. The summed E-state index contributed by atoms with van der Waals surface area (Å²) in [6, 6.07) is -0.754. The fourth-order valence-corrected chi connectivity index (χ4v) is 6.28. The Hall–Kier alpha value is -3.15. The van der Waals surface area contributed by atoms with Crippen molar-refractivity contribution < 1.29 is 39.8 Å². The number of nitrogens with one attached hydrogen (secondary N) is 1. The van der Waals surface area contributed by atoms with Crippen molar-refractivity contribution in [2.45, 2.75) is 185 Å². The summed E-state index contributed by atoms with van der Waals surface area (Å²) in [5, 5.41) is 54.0. The molecular weight excluding hydrogens is 743 g/mol. The summed E-state index contributed by atoms with van der Waals surface area (Å²) in [6.45, 7) is 3.60. The topological polar surface area (TPSA) is 149 Å². The second-order valence-electron chi connectivity index (χ2n) is 15.1. The Morgan fingerprint density at radius 1 is 0.593 bits per heavy atom. The molecular formula is C50H81NO8.